The van der Waals surface area contributed by atoms with E-state index in [1.54, 1.807) is 0 Å². The molecular weight excluding hydrogens is 458 g/mol. The van der Waals surface area contributed by atoms with Gasteiger partial charge in [0.25, 0.3) is 0 Å². The molecule has 2 aliphatic carbocycles. The van der Waals surface area contributed by atoms with E-state index in [9.17, 15) is 4.79 Å². The van der Waals surface area contributed by atoms with Crippen molar-refractivity contribution in [3.05, 3.63) is 46.1 Å². The monoisotopic (exact) mass is 497 g/mol. The van der Waals surface area contributed by atoms with Gasteiger partial charge in [-0.2, -0.15) is 0 Å². The summed E-state index contributed by atoms with van der Waals surface area (Å²) in [7, 11) is 1.96. The van der Waals surface area contributed by atoms with Gasteiger partial charge in [-0.05, 0) is 80.6 Å². The third kappa shape index (κ3) is 5.39. The third-order valence-corrected chi connectivity index (χ3v) is 9.07. The first kappa shape index (κ1) is 24.6. The molecule has 0 bridgehead atoms. The normalized spacial score (nSPS) is 27.9. The molecule has 2 aliphatic heterocycles. The van der Waals surface area contributed by atoms with Crippen LogP contribution in [0.2, 0.25) is 5.02 Å². The second kappa shape index (κ2) is 10.5. The van der Waals surface area contributed by atoms with Gasteiger partial charge in [0.2, 0.25) is 5.91 Å². The van der Waals surface area contributed by atoms with E-state index in [-0.39, 0.29) is 11.8 Å². The molecule has 2 heterocycles. The minimum Gasteiger partial charge on any atom is -0.391 e. The van der Waals surface area contributed by atoms with Crippen LogP contribution in [0.3, 0.4) is 0 Å². The zero-order valence-electron chi connectivity index (χ0n) is 21.2. The van der Waals surface area contributed by atoms with Crippen LogP contribution in [0.5, 0.6) is 0 Å². The third-order valence-electron chi connectivity index (χ3n) is 8.82. The van der Waals surface area contributed by atoms with Crippen LogP contribution in [-0.4, -0.2) is 79.3 Å². The Morgan fingerprint density at radius 3 is 2.29 bits per heavy atom. The van der Waals surface area contributed by atoms with Crippen molar-refractivity contribution in [2.24, 2.45) is 17.8 Å². The van der Waals surface area contributed by atoms with E-state index in [1.165, 1.54) is 25.0 Å². The van der Waals surface area contributed by atoms with Crippen LogP contribution in [0.15, 0.2) is 35.5 Å². The lowest BCUT2D eigenvalue weighted by molar-refractivity contribution is -0.134. The molecule has 2 N–H and O–H groups in total. The number of carbonyl (C=O) groups excluding carboxylic acids is 1. The minimum atomic E-state index is -0.166. The molecule has 1 aromatic rings. The van der Waals surface area contributed by atoms with Crippen LogP contribution in [0.4, 0.5) is 0 Å². The average molecular weight is 498 g/mol. The Morgan fingerprint density at radius 2 is 1.66 bits per heavy atom. The number of hydrogen-bond acceptors (Lipinski definition) is 4. The Morgan fingerprint density at radius 1 is 1.03 bits per heavy atom. The van der Waals surface area contributed by atoms with Gasteiger partial charge in [-0.1, -0.05) is 30.7 Å². The fourth-order valence-electron chi connectivity index (χ4n) is 6.40. The molecule has 5 rings (SSSR count). The van der Waals surface area contributed by atoms with Gasteiger partial charge in [-0.25, -0.2) is 0 Å². The maximum Gasteiger partial charge on any atom is 0.231 e. The first-order valence-corrected chi connectivity index (χ1v) is 13.8. The predicted molar refractivity (Wildman–Crippen MR) is 142 cm³/mol. The van der Waals surface area contributed by atoms with Gasteiger partial charge >= 0.3 is 0 Å². The summed E-state index contributed by atoms with van der Waals surface area (Å²) in [6.45, 7) is 7.99. The van der Waals surface area contributed by atoms with Crippen molar-refractivity contribution >= 4 is 23.3 Å². The number of hydrogen-bond donors (Lipinski definition) is 2. The molecule has 0 radical (unpaired) electrons. The summed E-state index contributed by atoms with van der Waals surface area (Å²) in [5, 5.41) is 12.9. The molecule has 6 nitrogen and oxygen atoms in total. The largest absolute Gasteiger partial charge is 0.391 e. The van der Waals surface area contributed by atoms with Gasteiger partial charge in [0.05, 0.1) is 5.92 Å². The van der Waals surface area contributed by atoms with E-state index in [0.29, 0.717) is 29.9 Å². The summed E-state index contributed by atoms with van der Waals surface area (Å²) in [5.41, 5.74) is 3.43. The number of allylic oxidation sites excluding steroid dienone is 1. The van der Waals surface area contributed by atoms with Crippen LogP contribution in [0.25, 0.3) is 0 Å². The molecule has 1 aromatic carbocycles. The maximum atomic E-state index is 13.9. The summed E-state index contributed by atoms with van der Waals surface area (Å²) in [5.74, 6) is 2.96. The Balaban J connectivity index is 1.25. The Bertz CT molecular complexity index is 956. The Hall–Kier alpha value is -2.05. The minimum absolute atomic E-state index is 0.166. The van der Waals surface area contributed by atoms with E-state index in [1.807, 2.05) is 36.2 Å². The van der Waals surface area contributed by atoms with Gasteiger partial charge in [0, 0.05) is 56.1 Å². The molecule has 3 fully saturated rings. The molecule has 1 amide bonds. The highest BCUT2D eigenvalue weighted by Crippen LogP contribution is 2.45. The fourth-order valence-corrected chi connectivity index (χ4v) is 6.53. The van der Waals surface area contributed by atoms with E-state index in [2.05, 4.69) is 22.0 Å². The smallest absolute Gasteiger partial charge is 0.231 e. The molecule has 0 spiro atoms. The number of nitrogens with zero attached hydrogens (tertiary/aromatic N) is 3. The zero-order valence-corrected chi connectivity index (χ0v) is 22.0. The summed E-state index contributed by atoms with van der Waals surface area (Å²) in [6, 6.07) is 7.87. The van der Waals surface area contributed by atoms with Crippen LogP contribution in [-0.2, 0) is 4.79 Å². The number of halogens is 1. The van der Waals surface area contributed by atoms with E-state index in [4.69, 9.17) is 17.0 Å². The summed E-state index contributed by atoms with van der Waals surface area (Å²) in [6.07, 6.45) is 6.09. The molecule has 190 valence electrons. The Labute approximate surface area is 215 Å². The van der Waals surface area contributed by atoms with Crippen LogP contribution in [0.1, 0.15) is 50.5 Å². The number of benzene rings is 1. The number of rotatable bonds is 6. The second-order valence-electron chi connectivity index (χ2n) is 11.0. The first-order chi connectivity index (χ1) is 16.9. The molecule has 4 aliphatic rings. The highest BCUT2D eigenvalue weighted by Gasteiger charge is 2.40. The Kier molecular flexibility index (Phi) is 7.40. The molecule has 2 saturated heterocycles. The highest BCUT2D eigenvalue weighted by atomic mass is 35.5. The van der Waals surface area contributed by atoms with E-state index in [0.717, 1.165) is 68.5 Å². The lowest BCUT2D eigenvalue weighted by Gasteiger charge is -2.39. The summed E-state index contributed by atoms with van der Waals surface area (Å²) in [4.78, 5) is 20.6. The zero-order chi connectivity index (χ0) is 24.5. The molecular formula is C28H40ClN5O. The quantitative estimate of drug-likeness (QED) is 0.457. The van der Waals surface area contributed by atoms with Crippen molar-refractivity contribution in [2.75, 3.05) is 52.9 Å². The van der Waals surface area contributed by atoms with Crippen LogP contribution in [0, 0.1) is 23.2 Å². The van der Waals surface area contributed by atoms with Crippen molar-refractivity contribution in [3.8, 4) is 0 Å². The molecule has 4 atom stereocenters. The standard InChI is InChI=1S/C28H40ClN5O/c1-19-3-8-25(31-2)26(19)27(30)33-13-15-34(16-14-33)28(35)24(20-4-6-23(29)7-5-20)18-32-11-9-21-17-22(21)10-12-32/h4-7,19,21-22,24,30-31H,3,8-18H2,1-2H3/t19-,21+,22?,24-/m1/s1. The highest BCUT2D eigenvalue weighted by molar-refractivity contribution is 6.30. The van der Waals surface area contributed by atoms with Gasteiger partial charge in [-0.3, -0.25) is 10.2 Å². The van der Waals surface area contributed by atoms with Crippen LogP contribution >= 0.6 is 11.6 Å². The number of likely N-dealkylation sites (tertiary alicyclic amines) is 1. The number of amidine groups is 1. The lowest BCUT2D eigenvalue weighted by atomic mass is 9.96. The summed E-state index contributed by atoms with van der Waals surface area (Å²) >= 11 is 6.17. The lowest BCUT2D eigenvalue weighted by Crippen LogP contribution is -2.53. The first-order valence-electron chi connectivity index (χ1n) is 13.5. The van der Waals surface area contributed by atoms with E-state index >= 15 is 0 Å². The molecule has 0 aromatic heterocycles. The number of nitrogens with one attached hydrogen (secondary N) is 2. The predicted octanol–water partition coefficient (Wildman–Crippen LogP) is 4.18. The van der Waals surface area contributed by atoms with Gasteiger partial charge in [-0.15, -0.1) is 0 Å². The number of fused-ring (bicyclic) bond motifs is 1. The topological polar surface area (TPSA) is 62.7 Å². The molecule has 35 heavy (non-hydrogen) atoms. The fraction of sp³-hybridized carbons (Fsp3) is 0.643. The van der Waals surface area contributed by atoms with Crippen molar-refractivity contribution < 1.29 is 4.79 Å². The van der Waals surface area contributed by atoms with Crippen LogP contribution < -0.4 is 5.32 Å². The average Bonchev–Trinajstić information content (AvgIpc) is 3.57. The SMILES string of the molecule is CNC1=C(C(=N)N2CCN(C(=O)[C@H](CN3CCC4C[C@@H]4CC3)c3ccc(Cl)cc3)CC2)[C@H](C)CC1. The van der Waals surface area contributed by atoms with Gasteiger partial charge in [0.1, 0.15) is 5.84 Å². The van der Waals surface area contributed by atoms with Crippen molar-refractivity contribution in [3.63, 3.8) is 0 Å². The maximum absolute atomic E-state index is 13.9. The van der Waals surface area contributed by atoms with Crippen molar-refractivity contribution in [2.45, 2.75) is 44.9 Å². The second-order valence-corrected chi connectivity index (χ2v) is 11.4. The molecule has 1 unspecified atom stereocenters. The van der Waals surface area contributed by atoms with Gasteiger partial charge in [0.15, 0.2) is 0 Å². The summed E-state index contributed by atoms with van der Waals surface area (Å²) < 4.78 is 0. The number of piperazine rings is 1. The van der Waals surface area contributed by atoms with Crippen molar-refractivity contribution in [1.82, 2.24) is 20.0 Å². The number of amides is 1. The number of carbonyl (C=O) groups is 1. The van der Waals surface area contributed by atoms with Crippen molar-refractivity contribution in [1.29, 1.82) is 5.41 Å². The van der Waals surface area contributed by atoms with E-state index < -0.39 is 0 Å². The molecule has 7 heteroatoms. The van der Waals surface area contributed by atoms with Gasteiger partial charge < -0.3 is 20.0 Å². The molecule has 1 saturated carbocycles.